The summed E-state index contributed by atoms with van der Waals surface area (Å²) in [6.45, 7) is 6.34. The molecule has 1 rings (SSSR count). The quantitative estimate of drug-likeness (QED) is 0.613. The predicted octanol–water partition coefficient (Wildman–Crippen LogP) is 2.49. The number of hydrogen-bond donors (Lipinski definition) is 0. The van der Waals surface area contributed by atoms with E-state index >= 15 is 0 Å². The number of carbonyl (C=O) groups is 1. The summed E-state index contributed by atoms with van der Waals surface area (Å²) in [5, 5.41) is 0.630. The van der Waals surface area contributed by atoms with Crippen LogP contribution >= 0.6 is 11.8 Å². The Morgan fingerprint density at radius 1 is 1.59 bits per heavy atom. The fraction of sp³-hybridized carbons (Fsp3) is 0.667. The minimum atomic E-state index is -0.207. The maximum absolute atomic E-state index is 11.7. The standard InChI is InChI=1S/C12H20N2O2S/c1-12(2,3)8-9(10(15)16-5)17-11-13-6-7-14(11)4/h6-7,9H,8H2,1-5H3. The second-order valence-corrected chi connectivity index (χ2v) is 6.39. The molecular formula is C12H20N2O2S. The summed E-state index contributed by atoms with van der Waals surface area (Å²) in [6, 6.07) is 0. The second-order valence-electron chi connectivity index (χ2n) is 5.22. The van der Waals surface area contributed by atoms with Crippen LogP contribution in [0.5, 0.6) is 0 Å². The highest BCUT2D eigenvalue weighted by Crippen LogP contribution is 2.32. The molecule has 0 N–H and O–H groups in total. The summed E-state index contributed by atoms with van der Waals surface area (Å²) in [5.41, 5.74) is 0.0804. The van der Waals surface area contributed by atoms with Crippen LogP contribution in [0.4, 0.5) is 0 Å². The first kappa shape index (κ1) is 14.1. The predicted molar refractivity (Wildman–Crippen MR) is 68.9 cm³/mol. The van der Waals surface area contributed by atoms with E-state index in [9.17, 15) is 4.79 Å². The molecular weight excluding hydrogens is 236 g/mol. The van der Waals surface area contributed by atoms with E-state index < -0.39 is 0 Å². The Balaban J connectivity index is 2.78. The zero-order valence-corrected chi connectivity index (χ0v) is 11.9. The van der Waals surface area contributed by atoms with E-state index in [4.69, 9.17) is 4.74 Å². The fourth-order valence-electron chi connectivity index (χ4n) is 1.45. The van der Waals surface area contributed by atoms with Gasteiger partial charge in [0.05, 0.1) is 7.11 Å². The average Bonchev–Trinajstić information content (AvgIpc) is 2.60. The number of aryl methyl sites for hydroxylation is 1. The van der Waals surface area contributed by atoms with E-state index in [2.05, 4.69) is 25.8 Å². The van der Waals surface area contributed by atoms with Crippen molar-refractivity contribution in [2.75, 3.05) is 7.11 Å². The van der Waals surface area contributed by atoms with Crippen molar-refractivity contribution in [1.29, 1.82) is 0 Å². The molecule has 0 amide bonds. The molecule has 0 saturated carbocycles. The molecule has 0 aromatic carbocycles. The number of thioether (sulfide) groups is 1. The lowest BCUT2D eigenvalue weighted by Gasteiger charge is -2.23. The van der Waals surface area contributed by atoms with Crippen molar-refractivity contribution < 1.29 is 9.53 Å². The molecule has 1 unspecified atom stereocenters. The first-order chi connectivity index (χ1) is 7.83. The summed E-state index contributed by atoms with van der Waals surface area (Å²) in [7, 11) is 3.34. The molecule has 0 aliphatic carbocycles. The van der Waals surface area contributed by atoms with Gasteiger partial charge in [0.15, 0.2) is 5.16 Å². The number of rotatable bonds is 4. The van der Waals surface area contributed by atoms with Gasteiger partial charge in [-0.2, -0.15) is 0 Å². The highest BCUT2D eigenvalue weighted by molar-refractivity contribution is 8.00. The summed E-state index contributed by atoms with van der Waals surface area (Å²) >= 11 is 1.46. The second kappa shape index (κ2) is 5.58. The van der Waals surface area contributed by atoms with Crippen molar-refractivity contribution in [2.45, 2.75) is 37.6 Å². The zero-order valence-electron chi connectivity index (χ0n) is 11.1. The van der Waals surface area contributed by atoms with Gasteiger partial charge in [0.2, 0.25) is 0 Å². The molecule has 0 aliphatic heterocycles. The van der Waals surface area contributed by atoms with E-state index in [0.717, 1.165) is 11.6 Å². The van der Waals surface area contributed by atoms with Crippen molar-refractivity contribution in [2.24, 2.45) is 12.5 Å². The molecule has 1 atom stereocenters. The monoisotopic (exact) mass is 256 g/mol. The molecule has 4 nitrogen and oxygen atoms in total. The Bertz CT molecular complexity index is 382. The highest BCUT2D eigenvalue weighted by atomic mass is 32.2. The van der Waals surface area contributed by atoms with Crippen LogP contribution in [-0.4, -0.2) is 27.9 Å². The summed E-state index contributed by atoms with van der Waals surface area (Å²) in [5.74, 6) is -0.187. The van der Waals surface area contributed by atoms with Crippen molar-refractivity contribution in [3.8, 4) is 0 Å². The normalized spacial score (nSPS) is 13.5. The summed E-state index contributed by atoms with van der Waals surface area (Å²) < 4.78 is 6.76. The molecule has 96 valence electrons. The van der Waals surface area contributed by atoms with Gasteiger partial charge in [-0.05, 0) is 11.8 Å². The molecule has 0 bridgehead atoms. The third-order valence-corrected chi connectivity index (χ3v) is 3.53. The van der Waals surface area contributed by atoms with E-state index in [-0.39, 0.29) is 16.6 Å². The van der Waals surface area contributed by atoms with Gasteiger partial charge in [0.1, 0.15) is 5.25 Å². The number of nitrogens with zero attached hydrogens (tertiary/aromatic N) is 2. The fourth-order valence-corrected chi connectivity index (χ4v) is 2.83. The van der Waals surface area contributed by atoms with E-state index in [1.165, 1.54) is 18.9 Å². The van der Waals surface area contributed by atoms with Crippen LogP contribution in [0, 0.1) is 5.41 Å². The molecule has 1 aromatic rings. The lowest BCUT2D eigenvalue weighted by molar-refractivity contribution is -0.140. The van der Waals surface area contributed by atoms with Gasteiger partial charge in [-0.3, -0.25) is 4.79 Å². The number of aromatic nitrogens is 2. The molecule has 0 radical (unpaired) electrons. The molecule has 1 heterocycles. The Morgan fingerprint density at radius 3 is 2.65 bits per heavy atom. The average molecular weight is 256 g/mol. The number of esters is 1. The topological polar surface area (TPSA) is 44.1 Å². The smallest absolute Gasteiger partial charge is 0.319 e. The molecule has 0 spiro atoms. The van der Waals surface area contributed by atoms with Crippen molar-refractivity contribution in [3.63, 3.8) is 0 Å². The summed E-state index contributed by atoms with van der Waals surface area (Å²) in [4.78, 5) is 16.0. The third kappa shape index (κ3) is 4.42. The zero-order chi connectivity index (χ0) is 13.1. The van der Waals surface area contributed by atoms with Crippen LogP contribution in [0.25, 0.3) is 0 Å². The third-order valence-electron chi connectivity index (χ3n) is 2.29. The van der Waals surface area contributed by atoms with Crippen LogP contribution in [0.15, 0.2) is 17.6 Å². The maximum atomic E-state index is 11.7. The lowest BCUT2D eigenvalue weighted by Crippen LogP contribution is -2.25. The maximum Gasteiger partial charge on any atom is 0.319 e. The van der Waals surface area contributed by atoms with Gasteiger partial charge in [-0.1, -0.05) is 32.5 Å². The first-order valence-corrected chi connectivity index (χ1v) is 6.43. The van der Waals surface area contributed by atoms with Crippen LogP contribution in [0.1, 0.15) is 27.2 Å². The van der Waals surface area contributed by atoms with E-state index in [1.54, 1.807) is 6.20 Å². The molecule has 5 heteroatoms. The van der Waals surface area contributed by atoms with Gasteiger partial charge in [0, 0.05) is 19.4 Å². The van der Waals surface area contributed by atoms with Gasteiger partial charge in [0.25, 0.3) is 0 Å². The van der Waals surface area contributed by atoms with E-state index in [0.29, 0.717) is 0 Å². The Morgan fingerprint density at radius 2 is 2.24 bits per heavy atom. The number of hydrogen-bond acceptors (Lipinski definition) is 4. The van der Waals surface area contributed by atoms with Gasteiger partial charge >= 0.3 is 5.97 Å². The van der Waals surface area contributed by atoms with Crippen LogP contribution in [0.3, 0.4) is 0 Å². The Kier molecular flexibility index (Phi) is 4.62. The minimum absolute atomic E-state index is 0.0804. The number of ether oxygens (including phenoxy) is 1. The first-order valence-electron chi connectivity index (χ1n) is 5.55. The van der Waals surface area contributed by atoms with Crippen molar-refractivity contribution in [1.82, 2.24) is 9.55 Å². The SMILES string of the molecule is COC(=O)C(CC(C)(C)C)Sc1nccn1C. The minimum Gasteiger partial charge on any atom is -0.468 e. The Labute approximate surface area is 107 Å². The lowest BCUT2D eigenvalue weighted by atomic mass is 9.90. The molecule has 0 saturated heterocycles. The van der Waals surface area contributed by atoms with E-state index in [1.807, 2.05) is 17.8 Å². The Hall–Kier alpha value is -0.970. The number of methoxy groups -OCH3 is 1. The molecule has 0 aliphatic rings. The van der Waals surface area contributed by atoms with Gasteiger partial charge in [-0.25, -0.2) is 4.98 Å². The van der Waals surface area contributed by atoms with Crippen LogP contribution in [0.2, 0.25) is 0 Å². The number of carbonyl (C=O) groups excluding carboxylic acids is 1. The van der Waals surface area contributed by atoms with Crippen LogP contribution < -0.4 is 0 Å². The van der Waals surface area contributed by atoms with Crippen molar-refractivity contribution >= 4 is 17.7 Å². The summed E-state index contributed by atoms with van der Waals surface area (Å²) in [6.07, 6.45) is 4.36. The largest absolute Gasteiger partial charge is 0.468 e. The van der Waals surface area contributed by atoms with Gasteiger partial charge in [-0.15, -0.1) is 0 Å². The highest BCUT2D eigenvalue weighted by Gasteiger charge is 2.27. The molecule has 17 heavy (non-hydrogen) atoms. The van der Waals surface area contributed by atoms with Crippen LogP contribution in [-0.2, 0) is 16.6 Å². The van der Waals surface area contributed by atoms with Gasteiger partial charge < -0.3 is 9.30 Å². The molecule has 1 aromatic heterocycles. The molecule has 0 fully saturated rings. The van der Waals surface area contributed by atoms with Crippen molar-refractivity contribution in [3.05, 3.63) is 12.4 Å². The number of imidazole rings is 1.